The van der Waals surface area contributed by atoms with Crippen molar-refractivity contribution in [2.24, 2.45) is 0 Å². The lowest BCUT2D eigenvalue weighted by Crippen LogP contribution is -2.48. The number of rotatable bonds is 6. The SMILES string of the molecule is COc1ccccc1CCC(=O)N1CCN(Cc2ccc(F)cc2)CC1. The minimum Gasteiger partial charge on any atom is -0.496 e. The summed E-state index contributed by atoms with van der Waals surface area (Å²) in [6.45, 7) is 3.97. The number of carbonyl (C=O) groups is 1. The molecule has 2 aromatic carbocycles. The van der Waals surface area contributed by atoms with Gasteiger partial charge in [-0.1, -0.05) is 30.3 Å². The van der Waals surface area contributed by atoms with Gasteiger partial charge in [-0.2, -0.15) is 0 Å². The number of ether oxygens (including phenoxy) is 1. The van der Waals surface area contributed by atoms with Gasteiger partial charge >= 0.3 is 0 Å². The highest BCUT2D eigenvalue weighted by atomic mass is 19.1. The average molecular weight is 356 g/mol. The largest absolute Gasteiger partial charge is 0.496 e. The highest BCUT2D eigenvalue weighted by Gasteiger charge is 2.21. The molecule has 2 aromatic rings. The molecular weight excluding hydrogens is 331 g/mol. The van der Waals surface area contributed by atoms with E-state index in [0.717, 1.165) is 49.6 Å². The molecule has 1 fully saturated rings. The number of piperazine rings is 1. The van der Waals surface area contributed by atoms with Crippen LogP contribution in [0.25, 0.3) is 0 Å². The molecule has 26 heavy (non-hydrogen) atoms. The number of hydrogen-bond acceptors (Lipinski definition) is 3. The molecule has 0 aliphatic carbocycles. The van der Waals surface area contributed by atoms with Gasteiger partial charge in [-0.25, -0.2) is 4.39 Å². The Hall–Kier alpha value is -2.40. The first kappa shape index (κ1) is 18.4. The molecule has 1 heterocycles. The lowest BCUT2D eigenvalue weighted by molar-refractivity contribution is -0.133. The lowest BCUT2D eigenvalue weighted by atomic mass is 10.1. The molecule has 1 aliphatic heterocycles. The minimum atomic E-state index is -0.209. The summed E-state index contributed by atoms with van der Waals surface area (Å²) in [4.78, 5) is 16.7. The quantitative estimate of drug-likeness (QED) is 0.797. The van der Waals surface area contributed by atoms with E-state index in [-0.39, 0.29) is 11.7 Å². The number of benzene rings is 2. The second kappa shape index (κ2) is 8.81. The van der Waals surface area contributed by atoms with Crippen LogP contribution in [-0.2, 0) is 17.8 Å². The zero-order chi connectivity index (χ0) is 18.4. The molecule has 0 unspecified atom stereocenters. The van der Waals surface area contributed by atoms with Crippen LogP contribution < -0.4 is 4.74 Å². The van der Waals surface area contributed by atoms with Gasteiger partial charge in [-0.3, -0.25) is 9.69 Å². The fourth-order valence-corrected chi connectivity index (χ4v) is 3.31. The minimum absolute atomic E-state index is 0.192. The van der Waals surface area contributed by atoms with Crippen LogP contribution in [0.3, 0.4) is 0 Å². The number of nitrogens with zero attached hydrogens (tertiary/aromatic N) is 2. The van der Waals surface area contributed by atoms with Crippen molar-refractivity contribution < 1.29 is 13.9 Å². The highest BCUT2D eigenvalue weighted by molar-refractivity contribution is 5.76. The second-order valence-electron chi connectivity index (χ2n) is 6.60. The summed E-state index contributed by atoms with van der Waals surface area (Å²) in [5.74, 6) is 0.820. The van der Waals surface area contributed by atoms with Gasteiger partial charge in [-0.05, 0) is 35.7 Å². The first-order valence-corrected chi connectivity index (χ1v) is 9.02. The molecule has 1 saturated heterocycles. The molecule has 0 radical (unpaired) electrons. The van der Waals surface area contributed by atoms with Crippen molar-refractivity contribution in [3.8, 4) is 5.75 Å². The van der Waals surface area contributed by atoms with Crippen LogP contribution in [0.5, 0.6) is 5.75 Å². The Morgan fingerprint density at radius 3 is 2.42 bits per heavy atom. The first-order chi connectivity index (χ1) is 12.7. The zero-order valence-corrected chi connectivity index (χ0v) is 15.2. The van der Waals surface area contributed by atoms with E-state index in [4.69, 9.17) is 4.74 Å². The molecular formula is C21H25FN2O2. The molecule has 3 rings (SSSR count). The molecule has 4 nitrogen and oxygen atoms in total. The number of para-hydroxylation sites is 1. The fourth-order valence-electron chi connectivity index (χ4n) is 3.31. The van der Waals surface area contributed by atoms with Gasteiger partial charge in [0.05, 0.1) is 7.11 Å². The van der Waals surface area contributed by atoms with Crippen molar-refractivity contribution in [3.63, 3.8) is 0 Å². The number of carbonyl (C=O) groups excluding carboxylic acids is 1. The van der Waals surface area contributed by atoms with Gasteiger partial charge in [0.15, 0.2) is 0 Å². The molecule has 0 saturated carbocycles. The summed E-state index contributed by atoms with van der Waals surface area (Å²) in [5.41, 5.74) is 2.17. The molecule has 138 valence electrons. The molecule has 0 bridgehead atoms. The average Bonchev–Trinajstić information content (AvgIpc) is 2.68. The van der Waals surface area contributed by atoms with Gasteiger partial charge in [-0.15, -0.1) is 0 Å². The van der Waals surface area contributed by atoms with Crippen LogP contribution in [0, 0.1) is 5.82 Å². The summed E-state index contributed by atoms with van der Waals surface area (Å²) in [6, 6.07) is 14.5. The highest BCUT2D eigenvalue weighted by Crippen LogP contribution is 2.19. The number of hydrogen-bond donors (Lipinski definition) is 0. The van der Waals surface area contributed by atoms with E-state index in [9.17, 15) is 9.18 Å². The fraction of sp³-hybridized carbons (Fsp3) is 0.381. The number of amides is 1. The molecule has 1 amide bonds. The van der Waals surface area contributed by atoms with Crippen molar-refractivity contribution in [2.75, 3.05) is 33.3 Å². The number of aryl methyl sites for hydroxylation is 1. The predicted octanol–water partition coefficient (Wildman–Crippen LogP) is 3.11. The van der Waals surface area contributed by atoms with Crippen LogP contribution in [0.2, 0.25) is 0 Å². The van der Waals surface area contributed by atoms with E-state index in [1.54, 1.807) is 7.11 Å². The summed E-state index contributed by atoms with van der Waals surface area (Å²) in [7, 11) is 1.65. The van der Waals surface area contributed by atoms with Crippen molar-refractivity contribution in [1.82, 2.24) is 9.80 Å². The first-order valence-electron chi connectivity index (χ1n) is 9.02. The van der Waals surface area contributed by atoms with Gasteiger partial charge in [0, 0.05) is 39.1 Å². The number of halogens is 1. The summed E-state index contributed by atoms with van der Waals surface area (Å²) >= 11 is 0. The van der Waals surface area contributed by atoms with Gasteiger partial charge in [0.25, 0.3) is 0 Å². The molecule has 5 heteroatoms. The molecule has 0 atom stereocenters. The third-order valence-corrected chi connectivity index (χ3v) is 4.85. The Morgan fingerprint density at radius 1 is 1.04 bits per heavy atom. The predicted molar refractivity (Wildman–Crippen MR) is 99.6 cm³/mol. The van der Waals surface area contributed by atoms with Crippen LogP contribution in [-0.4, -0.2) is 49.0 Å². The standard InChI is InChI=1S/C21H25FN2O2/c1-26-20-5-3-2-4-18(20)8-11-21(25)24-14-12-23(13-15-24)16-17-6-9-19(22)10-7-17/h2-7,9-10H,8,11-16H2,1H3. The topological polar surface area (TPSA) is 32.8 Å². The van der Waals surface area contributed by atoms with Gasteiger partial charge in [0.2, 0.25) is 5.91 Å². The Bertz CT molecular complexity index is 725. The summed E-state index contributed by atoms with van der Waals surface area (Å²) < 4.78 is 18.3. The maximum atomic E-state index is 13.0. The molecule has 0 spiro atoms. The van der Waals surface area contributed by atoms with E-state index >= 15 is 0 Å². The van der Waals surface area contributed by atoms with Crippen molar-refractivity contribution in [2.45, 2.75) is 19.4 Å². The lowest BCUT2D eigenvalue weighted by Gasteiger charge is -2.35. The van der Waals surface area contributed by atoms with Crippen LogP contribution in [0.1, 0.15) is 17.5 Å². The Kier molecular flexibility index (Phi) is 6.23. The molecule has 0 aromatic heterocycles. The Morgan fingerprint density at radius 2 is 1.73 bits per heavy atom. The van der Waals surface area contributed by atoms with Gasteiger partial charge < -0.3 is 9.64 Å². The maximum absolute atomic E-state index is 13.0. The van der Waals surface area contributed by atoms with Crippen LogP contribution in [0.4, 0.5) is 4.39 Å². The van der Waals surface area contributed by atoms with Crippen LogP contribution in [0.15, 0.2) is 48.5 Å². The monoisotopic (exact) mass is 356 g/mol. The van der Waals surface area contributed by atoms with E-state index in [1.165, 1.54) is 12.1 Å². The molecule has 1 aliphatic rings. The number of methoxy groups -OCH3 is 1. The Balaban J connectivity index is 1.45. The third-order valence-electron chi connectivity index (χ3n) is 4.85. The maximum Gasteiger partial charge on any atom is 0.222 e. The van der Waals surface area contributed by atoms with Crippen molar-refractivity contribution >= 4 is 5.91 Å². The zero-order valence-electron chi connectivity index (χ0n) is 15.2. The van der Waals surface area contributed by atoms with E-state index < -0.39 is 0 Å². The Labute approximate surface area is 154 Å². The van der Waals surface area contributed by atoms with Crippen LogP contribution >= 0.6 is 0 Å². The second-order valence-corrected chi connectivity index (χ2v) is 6.60. The van der Waals surface area contributed by atoms with Crippen molar-refractivity contribution in [3.05, 3.63) is 65.5 Å². The van der Waals surface area contributed by atoms with E-state index in [1.807, 2.05) is 41.3 Å². The molecule has 0 N–H and O–H groups in total. The normalized spacial score (nSPS) is 15.1. The van der Waals surface area contributed by atoms with Crippen molar-refractivity contribution in [1.29, 1.82) is 0 Å². The smallest absolute Gasteiger partial charge is 0.222 e. The summed E-state index contributed by atoms with van der Waals surface area (Å²) in [6.07, 6.45) is 1.19. The van der Waals surface area contributed by atoms with Gasteiger partial charge in [0.1, 0.15) is 11.6 Å². The van der Waals surface area contributed by atoms with E-state index in [0.29, 0.717) is 12.8 Å². The van der Waals surface area contributed by atoms with E-state index in [2.05, 4.69) is 4.90 Å². The summed E-state index contributed by atoms with van der Waals surface area (Å²) in [5, 5.41) is 0. The third kappa shape index (κ3) is 4.82.